The van der Waals surface area contributed by atoms with Gasteiger partial charge in [-0.25, -0.2) is 4.79 Å². The summed E-state index contributed by atoms with van der Waals surface area (Å²) in [6.07, 6.45) is 1.87. The lowest BCUT2D eigenvalue weighted by molar-refractivity contribution is -0.136. The molecule has 7 nitrogen and oxygen atoms in total. The molecule has 0 spiro atoms. The Balaban J connectivity index is 1.74. The van der Waals surface area contributed by atoms with Crippen LogP contribution >= 0.6 is 0 Å². The third-order valence-corrected chi connectivity index (χ3v) is 6.14. The van der Waals surface area contributed by atoms with Crippen LogP contribution in [0.5, 0.6) is 0 Å². The Labute approximate surface area is 201 Å². The van der Waals surface area contributed by atoms with Gasteiger partial charge >= 0.3 is 19.2 Å². The van der Waals surface area contributed by atoms with Crippen LogP contribution in [-0.2, 0) is 31.9 Å². The van der Waals surface area contributed by atoms with Crippen LogP contribution in [0.25, 0.3) is 6.08 Å². The van der Waals surface area contributed by atoms with Crippen LogP contribution in [-0.4, -0.2) is 42.0 Å². The number of carbonyl (C=O) groups is 2. The van der Waals surface area contributed by atoms with Crippen molar-refractivity contribution >= 4 is 25.3 Å². The molecular weight excluding hydrogens is 433 g/mol. The van der Waals surface area contributed by atoms with E-state index in [1.165, 1.54) is 0 Å². The Hall–Kier alpha value is -3.10. The number of aliphatic carboxylic acids is 1. The van der Waals surface area contributed by atoms with Crippen LogP contribution in [0, 0.1) is 0 Å². The van der Waals surface area contributed by atoms with E-state index in [4.69, 9.17) is 19.2 Å². The minimum Gasteiger partial charge on any atom is -0.481 e. The minimum atomic E-state index is -0.836. The summed E-state index contributed by atoms with van der Waals surface area (Å²) in [5, 5.41) is 11.8. The molecule has 2 aromatic rings. The molecule has 180 valence electrons. The number of nitrogens with one attached hydrogen (secondary N) is 1. The van der Waals surface area contributed by atoms with Crippen LogP contribution in [0.1, 0.15) is 50.8 Å². The third kappa shape index (κ3) is 6.95. The quantitative estimate of drug-likeness (QED) is 0.524. The van der Waals surface area contributed by atoms with E-state index in [-0.39, 0.29) is 19.6 Å². The van der Waals surface area contributed by atoms with E-state index in [1.807, 2.05) is 88.4 Å². The lowest BCUT2D eigenvalue weighted by atomic mass is 9.77. The van der Waals surface area contributed by atoms with E-state index in [0.29, 0.717) is 6.42 Å². The lowest BCUT2D eigenvalue weighted by Gasteiger charge is -2.32. The molecule has 1 amide bonds. The number of hydrogen-bond acceptors (Lipinski definition) is 5. The molecule has 2 aromatic carbocycles. The predicted octanol–water partition coefficient (Wildman–Crippen LogP) is 4.65. The lowest BCUT2D eigenvalue weighted by Crippen LogP contribution is -2.41. The van der Waals surface area contributed by atoms with Crippen molar-refractivity contribution in [1.29, 1.82) is 0 Å². The molecule has 0 bridgehead atoms. The van der Waals surface area contributed by atoms with Crippen LogP contribution in [0.3, 0.4) is 0 Å². The van der Waals surface area contributed by atoms with Gasteiger partial charge in [-0.2, -0.15) is 0 Å². The number of carboxylic acid groups (broad SMARTS) is 1. The second kappa shape index (κ2) is 10.9. The number of rotatable bonds is 9. The van der Waals surface area contributed by atoms with Gasteiger partial charge in [0, 0.05) is 13.0 Å². The summed E-state index contributed by atoms with van der Waals surface area (Å²) in [6, 6.07) is 17.1. The average Bonchev–Trinajstić information content (AvgIpc) is 3.01. The van der Waals surface area contributed by atoms with Crippen molar-refractivity contribution in [2.75, 3.05) is 6.54 Å². The number of amides is 1. The molecule has 1 aliphatic rings. The Morgan fingerprint density at radius 1 is 1.00 bits per heavy atom. The number of aryl methyl sites for hydroxylation is 1. The molecule has 0 saturated carbocycles. The fourth-order valence-corrected chi connectivity index (χ4v) is 3.45. The molecule has 0 atom stereocenters. The summed E-state index contributed by atoms with van der Waals surface area (Å²) >= 11 is 0. The van der Waals surface area contributed by atoms with Gasteiger partial charge in [0.25, 0.3) is 0 Å². The Morgan fingerprint density at radius 2 is 1.65 bits per heavy atom. The van der Waals surface area contributed by atoms with Gasteiger partial charge in [-0.3, -0.25) is 4.79 Å². The molecule has 34 heavy (non-hydrogen) atoms. The molecule has 2 N–H and O–H groups in total. The molecule has 3 rings (SSSR count). The number of hydrogen-bond donors (Lipinski definition) is 2. The van der Waals surface area contributed by atoms with Gasteiger partial charge in [-0.15, -0.1) is 0 Å². The zero-order valence-corrected chi connectivity index (χ0v) is 20.2. The maximum Gasteiger partial charge on any atom is 0.492 e. The zero-order chi connectivity index (χ0) is 24.8. The van der Waals surface area contributed by atoms with Crippen LogP contribution < -0.4 is 5.32 Å². The summed E-state index contributed by atoms with van der Waals surface area (Å²) in [5.41, 5.74) is 2.34. The molecule has 1 heterocycles. The Bertz CT molecular complexity index is 1020. The highest BCUT2D eigenvalue weighted by Crippen LogP contribution is 2.38. The first-order valence-corrected chi connectivity index (χ1v) is 11.4. The molecule has 0 aliphatic carbocycles. The topological polar surface area (TPSA) is 94.1 Å². The van der Waals surface area contributed by atoms with Gasteiger partial charge in [0.1, 0.15) is 6.61 Å². The molecule has 1 aliphatic heterocycles. The number of alkyl carbamates (subject to hydrolysis) is 1. The number of carboxylic acids is 1. The molecule has 1 fully saturated rings. The van der Waals surface area contributed by atoms with Crippen molar-refractivity contribution in [1.82, 2.24) is 5.32 Å². The molecular formula is C26H32BNO6. The summed E-state index contributed by atoms with van der Waals surface area (Å²) in [4.78, 5) is 23.3. The predicted molar refractivity (Wildman–Crippen MR) is 131 cm³/mol. The first-order chi connectivity index (χ1) is 16.1. The first kappa shape index (κ1) is 25.5. The van der Waals surface area contributed by atoms with E-state index < -0.39 is 30.4 Å². The number of carbonyl (C=O) groups excluding carboxylic acids is 1. The standard InChI is InChI=1S/C26H32BNO6/c1-25(2)26(3,4)34-27(33-25)22(16-21-12-8-11-19(15-21)13-14-23(29)30)17-28-24(31)32-18-20-9-6-5-7-10-20/h5-12,15-16H,13-14,17-18H2,1-4H3,(H,28,31)(H,29,30). The monoisotopic (exact) mass is 465 g/mol. The van der Waals surface area contributed by atoms with Crippen molar-refractivity contribution in [2.45, 2.75) is 58.3 Å². The molecule has 1 saturated heterocycles. The van der Waals surface area contributed by atoms with E-state index >= 15 is 0 Å². The number of ether oxygens (including phenoxy) is 1. The number of benzene rings is 2. The summed E-state index contributed by atoms with van der Waals surface area (Å²) in [7, 11) is -0.651. The van der Waals surface area contributed by atoms with E-state index in [0.717, 1.165) is 22.2 Å². The van der Waals surface area contributed by atoms with Crippen LogP contribution in [0.2, 0.25) is 0 Å². The summed E-state index contributed by atoms with van der Waals surface area (Å²) in [5.74, 6) is -0.836. The smallest absolute Gasteiger partial charge is 0.481 e. The highest BCUT2D eigenvalue weighted by molar-refractivity contribution is 6.56. The van der Waals surface area contributed by atoms with E-state index in [9.17, 15) is 9.59 Å². The SMILES string of the molecule is CC1(C)OB(C(=Cc2cccc(CCC(=O)O)c2)CNC(=O)OCc2ccccc2)OC1(C)C. The maximum absolute atomic E-state index is 12.3. The zero-order valence-electron chi connectivity index (χ0n) is 20.2. The average molecular weight is 465 g/mol. The van der Waals surface area contributed by atoms with Gasteiger partial charge in [-0.1, -0.05) is 60.7 Å². The molecule has 0 aromatic heterocycles. The Morgan fingerprint density at radius 3 is 2.29 bits per heavy atom. The molecule has 0 unspecified atom stereocenters. The molecule has 0 radical (unpaired) electrons. The van der Waals surface area contributed by atoms with Crippen LogP contribution in [0.15, 0.2) is 60.1 Å². The highest BCUT2D eigenvalue weighted by Gasteiger charge is 2.52. The van der Waals surface area contributed by atoms with Crippen LogP contribution in [0.4, 0.5) is 4.79 Å². The third-order valence-electron chi connectivity index (χ3n) is 6.14. The van der Waals surface area contributed by atoms with Crippen molar-refractivity contribution in [3.8, 4) is 0 Å². The van der Waals surface area contributed by atoms with Gasteiger partial charge in [0.15, 0.2) is 0 Å². The van der Waals surface area contributed by atoms with Crippen molar-refractivity contribution in [3.63, 3.8) is 0 Å². The van der Waals surface area contributed by atoms with Gasteiger partial charge in [0.05, 0.1) is 11.2 Å². The fraction of sp³-hybridized carbons (Fsp3) is 0.385. The van der Waals surface area contributed by atoms with E-state index in [1.54, 1.807) is 0 Å². The first-order valence-electron chi connectivity index (χ1n) is 11.4. The van der Waals surface area contributed by atoms with Gasteiger partial charge in [0.2, 0.25) is 0 Å². The Kier molecular flexibility index (Phi) is 8.17. The molecule has 8 heteroatoms. The summed E-state index contributed by atoms with van der Waals surface area (Å²) in [6.45, 7) is 8.23. The second-order valence-corrected chi connectivity index (χ2v) is 9.36. The second-order valence-electron chi connectivity index (χ2n) is 9.36. The van der Waals surface area contributed by atoms with Gasteiger partial charge in [-0.05, 0) is 56.3 Å². The van der Waals surface area contributed by atoms with Crippen molar-refractivity contribution < 1.29 is 28.7 Å². The normalized spacial score (nSPS) is 16.8. The minimum absolute atomic E-state index is 0.0616. The summed E-state index contributed by atoms with van der Waals surface area (Å²) < 4.78 is 17.7. The van der Waals surface area contributed by atoms with Gasteiger partial charge < -0.3 is 24.5 Å². The maximum atomic E-state index is 12.3. The fourth-order valence-electron chi connectivity index (χ4n) is 3.45. The van der Waals surface area contributed by atoms with Crippen molar-refractivity contribution in [3.05, 3.63) is 76.8 Å². The largest absolute Gasteiger partial charge is 0.492 e. The van der Waals surface area contributed by atoms with E-state index in [2.05, 4.69) is 5.32 Å². The highest BCUT2D eigenvalue weighted by atomic mass is 16.7. The van der Waals surface area contributed by atoms with Crippen molar-refractivity contribution in [2.24, 2.45) is 0 Å².